The van der Waals surface area contributed by atoms with E-state index in [0.717, 1.165) is 63.4 Å². The monoisotopic (exact) mass is 764 g/mol. The second-order valence-electron chi connectivity index (χ2n) is 16.8. The normalized spacial score (nSPS) is 42.4. The van der Waals surface area contributed by atoms with Crippen molar-refractivity contribution >= 4 is 5.78 Å². The number of hydrogen-bond donors (Lipinski definition) is 2. The molecule has 0 amide bonds. The van der Waals surface area contributed by atoms with Gasteiger partial charge in [0.1, 0.15) is 30.2 Å². The molecule has 0 radical (unpaired) electrons. The van der Waals surface area contributed by atoms with Gasteiger partial charge in [-0.15, -0.1) is 0 Å². The van der Waals surface area contributed by atoms with Gasteiger partial charge in [-0.05, 0) is 68.4 Å². The van der Waals surface area contributed by atoms with E-state index in [1.54, 1.807) is 21.3 Å². The van der Waals surface area contributed by atoms with Crippen molar-refractivity contribution in [2.45, 2.75) is 189 Å². The number of Topliss-reactive ketones (excluding diaryl/α,β-unsaturated/α-hetero) is 1. The zero-order valence-electron chi connectivity index (χ0n) is 33.3. The van der Waals surface area contributed by atoms with Crippen molar-refractivity contribution in [3.8, 4) is 0 Å². The molecule has 54 heavy (non-hydrogen) atoms. The maximum atomic E-state index is 13.9. The van der Waals surface area contributed by atoms with Gasteiger partial charge in [-0.25, -0.2) is 0 Å². The predicted octanol–water partition coefficient (Wildman–Crippen LogP) is 4.65. The van der Waals surface area contributed by atoms with E-state index in [0.29, 0.717) is 18.9 Å². The van der Waals surface area contributed by atoms with Crippen LogP contribution < -0.4 is 0 Å². The molecule has 6 rings (SSSR count). The van der Waals surface area contributed by atoms with Crippen molar-refractivity contribution in [1.29, 1.82) is 0 Å². The predicted molar refractivity (Wildman–Crippen MR) is 200 cm³/mol. The van der Waals surface area contributed by atoms with Crippen molar-refractivity contribution in [3.63, 3.8) is 0 Å². The molecule has 308 valence electrons. The molecule has 11 unspecified atom stereocenters. The van der Waals surface area contributed by atoms with Gasteiger partial charge in [-0.3, -0.25) is 4.79 Å². The molecule has 0 saturated carbocycles. The van der Waals surface area contributed by atoms with Crippen molar-refractivity contribution < 1.29 is 57.6 Å². The summed E-state index contributed by atoms with van der Waals surface area (Å²) in [5.74, 6) is 0.181. The lowest BCUT2D eigenvalue weighted by atomic mass is 9.83. The van der Waals surface area contributed by atoms with Gasteiger partial charge in [0.25, 0.3) is 0 Å². The largest absolute Gasteiger partial charge is 0.394 e. The van der Waals surface area contributed by atoms with Crippen molar-refractivity contribution in [3.05, 3.63) is 24.3 Å². The Labute approximate surface area is 322 Å². The van der Waals surface area contributed by atoms with Crippen LogP contribution in [0.1, 0.15) is 97.3 Å². The van der Waals surface area contributed by atoms with E-state index in [1.165, 1.54) is 5.57 Å². The lowest BCUT2D eigenvalue weighted by Crippen LogP contribution is -2.50. The van der Waals surface area contributed by atoms with Crippen molar-refractivity contribution in [2.75, 3.05) is 34.5 Å². The second kappa shape index (κ2) is 19.4. The third-order valence-corrected chi connectivity index (χ3v) is 13.2. The maximum Gasteiger partial charge on any atom is 0.135 e. The van der Waals surface area contributed by atoms with E-state index in [2.05, 4.69) is 27.0 Å². The van der Waals surface area contributed by atoms with Gasteiger partial charge >= 0.3 is 0 Å². The van der Waals surface area contributed by atoms with Gasteiger partial charge in [0, 0.05) is 66.0 Å². The van der Waals surface area contributed by atoms with E-state index < -0.39 is 18.3 Å². The quantitative estimate of drug-likeness (QED) is 0.188. The molecule has 0 aliphatic carbocycles. The lowest BCUT2D eigenvalue weighted by molar-refractivity contribution is -0.177. The number of hydrogen-bond acceptors (Lipinski definition) is 12. The summed E-state index contributed by atoms with van der Waals surface area (Å²) in [5.41, 5.74) is 2.24. The fourth-order valence-corrected chi connectivity index (χ4v) is 10.2. The number of methoxy groups -OCH3 is 3. The number of ketones is 1. The molecule has 6 fully saturated rings. The van der Waals surface area contributed by atoms with Crippen LogP contribution in [0.2, 0.25) is 0 Å². The fourth-order valence-electron chi connectivity index (χ4n) is 10.2. The molecule has 6 aliphatic heterocycles. The molecule has 12 heteroatoms. The molecule has 0 aromatic heterocycles. The topological polar surface area (TPSA) is 141 Å². The third kappa shape index (κ3) is 9.69. The zero-order valence-corrected chi connectivity index (χ0v) is 33.3. The first kappa shape index (κ1) is 42.3. The number of carbonyl (C=O) groups excluding carboxylic acids is 1. The maximum absolute atomic E-state index is 13.9. The summed E-state index contributed by atoms with van der Waals surface area (Å²) in [4.78, 5) is 13.9. The fraction of sp³-hybridized carbons (Fsp3) is 0.881. The minimum absolute atomic E-state index is 0.0776. The molecule has 2 N–H and O–H groups in total. The number of fused-ring (bicyclic) bond motifs is 1. The van der Waals surface area contributed by atoms with E-state index in [-0.39, 0.29) is 111 Å². The van der Waals surface area contributed by atoms with Crippen molar-refractivity contribution in [2.24, 2.45) is 11.8 Å². The third-order valence-electron chi connectivity index (χ3n) is 13.2. The van der Waals surface area contributed by atoms with Gasteiger partial charge in [0.05, 0.1) is 73.8 Å². The molecular formula is C42H68O12. The lowest BCUT2D eigenvalue weighted by Gasteiger charge is -2.38. The Morgan fingerprint density at radius 2 is 1.69 bits per heavy atom. The van der Waals surface area contributed by atoms with E-state index in [9.17, 15) is 15.0 Å². The minimum Gasteiger partial charge on any atom is -0.394 e. The van der Waals surface area contributed by atoms with Gasteiger partial charge in [-0.2, -0.15) is 0 Å². The highest BCUT2D eigenvalue weighted by atomic mass is 16.6. The van der Waals surface area contributed by atoms with E-state index in [4.69, 9.17) is 42.6 Å². The van der Waals surface area contributed by atoms with Crippen LogP contribution in [0, 0.1) is 11.8 Å². The number of carbonyl (C=O) groups is 1. The summed E-state index contributed by atoms with van der Waals surface area (Å²) in [6.07, 6.45) is 5.63. The molecular weight excluding hydrogens is 696 g/mol. The minimum atomic E-state index is -0.939. The summed E-state index contributed by atoms with van der Waals surface area (Å²) in [6.45, 7) is 13.1. The first-order valence-corrected chi connectivity index (χ1v) is 20.7. The Morgan fingerprint density at radius 1 is 0.907 bits per heavy atom. The van der Waals surface area contributed by atoms with Crippen LogP contribution >= 0.6 is 0 Å². The zero-order chi connectivity index (χ0) is 38.5. The smallest absolute Gasteiger partial charge is 0.135 e. The molecule has 0 spiro atoms. The summed E-state index contributed by atoms with van der Waals surface area (Å²) < 4.78 is 56.8. The average Bonchev–Trinajstić information content (AvgIpc) is 3.90. The highest BCUT2D eigenvalue weighted by Crippen LogP contribution is 2.43. The van der Waals surface area contributed by atoms with Crippen LogP contribution in [-0.2, 0) is 47.4 Å². The summed E-state index contributed by atoms with van der Waals surface area (Å²) in [6, 6.07) is 0. The van der Waals surface area contributed by atoms with Gasteiger partial charge < -0.3 is 52.8 Å². The van der Waals surface area contributed by atoms with Crippen LogP contribution in [-0.4, -0.2) is 142 Å². The molecule has 17 atom stereocenters. The summed E-state index contributed by atoms with van der Waals surface area (Å²) in [7, 11) is 5.01. The van der Waals surface area contributed by atoms with E-state index >= 15 is 0 Å². The molecule has 6 aliphatic rings. The Balaban J connectivity index is 1.03. The molecule has 0 aromatic rings. The SMILES string of the molecule is C=C1CC(CCC2C[C@H]3O[C@@H](C(OC)[C@@H]4CCCC(CC(=O)CC5C(CC6OCC[C@@H](C)C6=C)OC(CC(O)CO)[C@@H]5OC)O4)[C@@H](OC)C3O2)OC1CC. The Bertz CT molecular complexity index is 1250. The molecule has 12 nitrogen and oxygen atoms in total. The first-order chi connectivity index (χ1) is 26.1. The average molecular weight is 765 g/mol. The van der Waals surface area contributed by atoms with Gasteiger partial charge in [0.2, 0.25) is 0 Å². The molecule has 0 aromatic carbocycles. The van der Waals surface area contributed by atoms with Crippen LogP contribution in [0.5, 0.6) is 0 Å². The Morgan fingerprint density at radius 3 is 2.39 bits per heavy atom. The molecule has 6 saturated heterocycles. The van der Waals surface area contributed by atoms with Crippen LogP contribution in [0.25, 0.3) is 0 Å². The number of rotatable bonds is 18. The Hall–Kier alpha value is -1.29. The first-order valence-electron chi connectivity index (χ1n) is 20.7. The second-order valence-corrected chi connectivity index (χ2v) is 16.8. The summed E-state index contributed by atoms with van der Waals surface area (Å²) in [5, 5.41) is 19.9. The molecule has 0 bridgehead atoms. The van der Waals surface area contributed by atoms with Crippen molar-refractivity contribution in [1.82, 2.24) is 0 Å². The Kier molecular flexibility index (Phi) is 15.2. The highest BCUT2D eigenvalue weighted by Gasteiger charge is 2.55. The molecule has 6 heterocycles. The van der Waals surface area contributed by atoms with Gasteiger partial charge in [0.15, 0.2) is 0 Å². The summed E-state index contributed by atoms with van der Waals surface area (Å²) >= 11 is 0. The van der Waals surface area contributed by atoms with Crippen LogP contribution in [0.4, 0.5) is 0 Å². The number of ether oxygens (including phenoxy) is 9. The number of aliphatic hydroxyl groups excluding tert-OH is 2. The number of aliphatic hydroxyl groups is 2. The van der Waals surface area contributed by atoms with Crippen LogP contribution in [0.15, 0.2) is 24.3 Å². The van der Waals surface area contributed by atoms with E-state index in [1.807, 2.05) is 0 Å². The van der Waals surface area contributed by atoms with Crippen LogP contribution in [0.3, 0.4) is 0 Å². The van der Waals surface area contributed by atoms with Gasteiger partial charge in [-0.1, -0.05) is 27.0 Å². The standard InChI is InChI=1S/C42H68O12/c1-8-32-24(3)16-29(50-32)12-13-30-20-37-40(52-30)41(48-7)42(54-37)39(47-6)33-11-9-10-28(51-33)17-26(44)18-31-35(21-34-25(4)23(2)14-15-49-34)53-36(38(31)46-5)19-27(45)22-43/h23,27-43,45H,3-4,8-22H2,1-2,5-7H3/t23-,27?,28?,29?,30?,31?,32?,33+,34?,35?,36?,37-,38-,39?,40?,41+,42+/m1/s1. The highest BCUT2D eigenvalue weighted by molar-refractivity contribution is 5.79.